The first-order valence-corrected chi connectivity index (χ1v) is 12.6. The minimum Gasteiger partial charge on any atom is -0.446 e. The number of halogens is 2. The van der Waals surface area contributed by atoms with E-state index in [0.717, 1.165) is 31.6 Å². The van der Waals surface area contributed by atoms with E-state index in [9.17, 15) is 14.7 Å². The summed E-state index contributed by atoms with van der Waals surface area (Å²) in [7, 11) is 0. The molecule has 1 aromatic carbocycles. The van der Waals surface area contributed by atoms with Crippen LogP contribution in [-0.4, -0.2) is 82.4 Å². The van der Waals surface area contributed by atoms with Crippen LogP contribution >= 0.6 is 23.2 Å². The smallest absolute Gasteiger partial charge is 0.246 e. The van der Waals surface area contributed by atoms with Gasteiger partial charge in [-0.1, -0.05) is 29.3 Å². The maximum absolute atomic E-state index is 12.7. The van der Waals surface area contributed by atoms with E-state index in [1.165, 1.54) is 12.3 Å². The number of oxazole rings is 1. The Kier molecular flexibility index (Phi) is 8.49. The predicted octanol–water partition coefficient (Wildman–Crippen LogP) is 3.43. The van der Waals surface area contributed by atoms with Crippen LogP contribution in [0.1, 0.15) is 37.1 Å². The number of benzene rings is 1. The highest BCUT2D eigenvalue weighted by Crippen LogP contribution is 2.31. The van der Waals surface area contributed by atoms with E-state index < -0.39 is 5.60 Å². The Bertz CT molecular complexity index is 1050. The summed E-state index contributed by atoms with van der Waals surface area (Å²) in [6.07, 6.45) is 8.56. The van der Waals surface area contributed by atoms with Crippen LogP contribution in [0.2, 0.25) is 10.0 Å². The normalized spacial score (nSPS) is 19.3. The van der Waals surface area contributed by atoms with Gasteiger partial charge in [0.25, 0.3) is 0 Å². The van der Waals surface area contributed by atoms with Crippen molar-refractivity contribution in [2.24, 2.45) is 0 Å². The van der Waals surface area contributed by atoms with Crippen LogP contribution in [0.5, 0.6) is 0 Å². The summed E-state index contributed by atoms with van der Waals surface area (Å²) in [6.45, 7) is 4.44. The topological polar surface area (TPSA) is 90.1 Å². The molecule has 1 N–H and O–H groups in total. The molecule has 1 aromatic heterocycles. The maximum Gasteiger partial charge on any atom is 0.246 e. The monoisotopic (exact) mass is 520 g/mol. The molecular formula is C25H30Cl2N4O4. The SMILES string of the molecule is O=C(/C=C/c1ccc(Cl)c(Cl)c1)N1CCC(=O)N(CCCN2CCC(O)(c3ncco3)CC2)CC1. The van der Waals surface area contributed by atoms with Gasteiger partial charge in [0, 0.05) is 51.8 Å². The van der Waals surface area contributed by atoms with Crippen LogP contribution in [0.4, 0.5) is 0 Å². The lowest BCUT2D eigenvalue weighted by atomic mass is 9.91. The summed E-state index contributed by atoms with van der Waals surface area (Å²) in [5.41, 5.74) is -0.206. The average Bonchev–Trinajstić information content (AvgIpc) is 3.34. The standard InChI is InChI=1S/C25H30Cl2N4O4/c26-20-4-2-19(18-21(20)27)3-5-22(32)31-12-6-23(33)30(15-16-31)11-1-10-29-13-7-25(34,8-14-29)24-28-9-17-35-24/h2-5,9,17-18,34H,1,6-8,10-16H2/b5-3+. The highest BCUT2D eigenvalue weighted by molar-refractivity contribution is 6.42. The molecule has 3 heterocycles. The molecule has 0 saturated carbocycles. The first kappa shape index (κ1) is 25.7. The van der Waals surface area contributed by atoms with Crippen molar-refractivity contribution in [3.63, 3.8) is 0 Å². The third-order valence-corrected chi connectivity index (χ3v) is 7.42. The molecule has 0 spiro atoms. The summed E-state index contributed by atoms with van der Waals surface area (Å²) in [6, 6.07) is 5.19. The molecule has 188 valence electrons. The zero-order valence-electron chi connectivity index (χ0n) is 19.5. The molecule has 2 saturated heterocycles. The second kappa shape index (κ2) is 11.6. The van der Waals surface area contributed by atoms with Crippen LogP contribution in [0.3, 0.4) is 0 Å². The van der Waals surface area contributed by atoms with Crippen LogP contribution in [0.25, 0.3) is 6.08 Å². The fourth-order valence-corrected chi connectivity index (χ4v) is 4.82. The lowest BCUT2D eigenvalue weighted by Crippen LogP contribution is -2.44. The van der Waals surface area contributed by atoms with E-state index in [4.69, 9.17) is 27.6 Å². The van der Waals surface area contributed by atoms with Gasteiger partial charge in [-0.05, 0) is 49.6 Å². The van der Waals surface area contributed by atoms with E-state index >= 15 is 0 Å². The molecule has 2 aliphatic rings. The first-order chi connectivity index (χ1) is 16.8. The van der Waals surface area contributed by atoms with Gasteiger partial charge in [-0.3, -0.25) is 9.59 Å². The molecule has 35 heavy (non-hydrogen) atoms. The lowest BCUT2D eigenvalue weighted by Gasteiger charge is -2.36. The Morgan fingerprint density at radius 3 is 2.63 bits per heavy atom. The number of carbonyl (C=O) groups is 2. The van der Waals surface area contributed by atoms with Gasteiger partial charge in [-0.2, -0.15) is 0 Å². The van der Waals surface area contributed by atoms with Gasteiger partial charge in [-0.25, -0.2) is 4.98 Å². The molecule has 0 unspecified atom stereocenters. The van der Waals surface area contributed by atoms with Gasteiger partial charge in [-0.15, -0.1) is 0 Å². The van der Waals surface area contributed by atoms with Crippen molar-refractivity contribution in [2.75, 3.05) is 45.8 Å². The Morgan fingerprint density at radius 1 is 1.11 bits per heavy atom. The molecule has 2 aliphatic heterocycles. The maximum atomic E-state index is 12.7. The van der Waals surface area contributed by atoms with E-state index in [0.29, 0.717) is 61.4 Å². The third-order valence-electron chi connectivity index (χ3n) is 6.68. The molecule has 2 amide bonds. The Morgan fingerprint density at radius 2 is 1.91 bits per heavy atom. The van der Waals surface area contributed by atoms with E-state index in [-0.39, 0.29) is 11.8 Å². The van der Waals surface area contributed by atoms with Gasteiger partial charge in [0.2, 0.25) is 17.7 Å². The van der Waals surface area contributed by atoms with Crippen molar-refractivity contribution in [3.05, 3.63) is 58.2 Å². The minimum absolute atomic E-state index is 0.0747. The number of aromatic nitrogens is 1. The Labute approximate surface area is 215 Å². The van der Waals surface area contributed by atoms with Crippen LogP contribution in [-0.2, 0) is 15.2 Å². The Hall–Kier alpha value is -2.39. The number of carbonyl (C=O) groups excluding carboxylic acids is 2. The summed E-state index contributed by atoms with van der Waals surface area (Å²) in [5, 5.41) is 11.7. The lowest BCUT2D eigenvalue weighted by molar-refractivity contribution is -0.130. The van der Waals surface area contributed by atoms with Gasteiger partial charge in [0.1, 0.15) is 11.9 Å². The summed E-state index contributed by atoms with van der Waals surface area (Å²) in [4.78, 5) is 35.2. The summed E-state index contributed by atoms with van der Waals surface area (Å²) < 4.78 is 5.30. The Balaban J connectivity index is 1.20. The number of likely N-dealkylation sites (tertiary alicyclic amines) is 1. The highest BCUT2D eigenvalue weighted by Gasteiger charge is 2.37. The fourth-order valence-electron chi connectivity index (χ4n) is 4.51. The van der Waals surface area contributed by atoms with E-state index in [2.05, 4.69) is 9.88 Å². The largest absolute Gasteiger partial charge is 0.446 e. The number of rotatable bonds is 7. The van der Waals surface area contributed by atoms with Crippen molar-refractivity contribution in [2.45, 2.75) is 31.3 Å². The van der Waals surface area contributed by atoms with Crippen molar-refractivity contribution in [3.8, 4) is 0 Å². The van der Waals surface area contributed by atoms with Crippen LogP contribution in [0.15, 0.2) is 41.2 Å². The molecule has 0 bridgehead atoms. The van der Waals surface area contributed by atoms with Crippen molar-refractivity contribution in [1.82, 2.24) is 19.7 Å². The average molecular weight is 521 g/mol. The molecular weight excluding hydrogens is 491 g/mol. The van der Waals surface area contributed by atoms with Crippen molar-refractivity contribution in [1.29, 1.82) is 0 Å². The molecule has 10 heteroatoms. The van der Waals surface area contributed by atoms with Gasteiger partial charge >= 0.3 is 0 Å². The summed E-state index contributed by atoms with van der Waals surface area (Å²) >= 11 is 12.0. The van der Waals surface area contributed by atoms with Crippen molar-refractivity contribution < 1.29 is 19.1 Å². The molecule has 0 radical (unpaired) electrons. The number of hydrogen-bond acceptors (Lipinski definition) is 6. The zero-order chi connectivity index (χ0) is 24.8. The van der Waals surface area contributed by atoms with Gasteiger partial charge < -0.3 is 24.2 Å². The zero-order valence-corrected chi connectivity index (χ0v) is 21.0. The fraction of sp³-hybridized carbons (Fsp3) is 0.480. The second-order valence-corrected chi connectivity index (χ2v) is 9.84. The third kappa shape index (κ3) is 6.64. The van der Waals surface area contributed by atoms with Crippen LogP contribution < -0.4 is 0 Å². The van der Waals surface area contributed by atoms with Crippen molar-refractivity contribution >= 4 is 41.1 Å². The summed E-state index contributed by atoms with van der Waals surface area (Å²) in [5.74, 6) is 0.335. The van der Waals surface area contributed by atoms with Crippen LogP contribution in [0, 0.1) is 0 Å². The van der Waals surface area contributed by atoms with E-state index in [1.54, 1.807) is 35.4 Å². The van der Waals surface area contributed by atoms with Gasteiger partial charge in [0.05, 0.1) is 16.2 Å². The minimum atomic E-state index is -0.995. The highest BCUT2D eigenvalue weighted by atomic mass is 35.5. The molecule has 2 aromatic rings. The number of hydrogen-bond donors (Lipinski definition) is 1. The number of amides is 2. The number of aliphatic hydroxyl groups is 1. The molecule has 2 fully saturated rings. The quantitative estimate of drug-likeness (QED) is 0.562. The first-order valence-electron chi connectivity index (χ1n) is 11.9. The van der Waals surface area contributed by atoms with Gasteiger partial charge in [0.15, 0.2) is 0 Å². The molecule has 0 aliphatic carbocycles. The van der Waals surface area contributed by atoms with E-state index in [1.807, 2.05) is 4.90 Å². The molecule has 4 rings (SSSR count). The second-order valence-electron chi connectivity index (χ2n) is 9.03. The number of nitrogens with zero attached hydrogens (tertiary/aromatic N) is 4. The molecule has 8 nitrogen and oxygen atoms in total. The predicted molar refractivity (Wildman–Crippen MR) is 134 cm³/mol. The number of piperidine rings is 1. The molecule has 0 atom stereocenters.